The molecule has 0 radical (unpaired) electrons. The molecule has 0 aromatic heterocycles. The lowest BCUT2D eigenvalue weighted by atomic mass is 9.71. The molecule has 188 valence electrons. The predicted molar refractivity (Wildman–Crippen MR) is 128 cm³/mol. The van der Waals surface area contributed by atoms with Crippen molar-refractivity contribution in [2.75, 3.05) is 13.2 Å². The number of carbonyl (C=O) groups excluding carboxylic acids is 2. The van der Waals surface area contributed by atoms with Gasteiger partial charge in [-0.2, -0.15) is 0 Å². The van der Waals surface area contributed by atoms with Gasteiger partial charge in [0.1, 0.15) is 0 Å². The minimum absolute atomic E-state index is 0.0333. The fraction of sp³-hybridized carbons (Fsp3) is 0.714. The second-order valence-electron chi connectivity index (χ2n) is 11.0. The largest absolute Gasteiger partial charge is 0.465 e. The van der Waals surface area contributed by atoms with E-state index in [1.165, 1.54) is 0 Å². The van der Waals surface area contributed by atoms with Crippen LogP contribution in [0.2, 0.25) is 0 Å². The van der Waals surface area contributed by atoms with Crippen molar-refractivity contribution in [1.29, 1.82) is 0 Å². The fourth-order valence-corrected chi connectivity index (χ4v) is 6.59. The molecule has 0 N–H and O–H groups in total. The summed E-state index contributed by atoms with van der Waals surface area (Å²) in [6, 6.07) is 10.1. The Labute approximate surface area is 203 Å². The van der Waals surface area contributed by atoms with Gasteiger partial charge in [-0.3, -0.25) is 9.59 Å². The Kier molecular flexibility index (Phi) is 7.12. The van der Waals surface area contributed by atoms with Gasteiger partial charge in [0.05, 0.1) is 24.9 Å². The van der Waals surface area contributed by atoms with Gasteiger partial charge < -0.3 is 18.9 Å². The number of benzene rings is 1. The maximum absolute atomic E-state index is 13.4. The van der Waals surface area contributed by atoms with Gasteiger partial charge in [-0.15, -0.1) is 0 Å². The van der Waals surface area contributed by atoms with Gasteiger partial charge in [-0.05, 0) is 64.9 Å². The lowest BCUT2D eigenvalue weighted by molar-refractivity contribution is -0.383. The molecule has 2 aliphatic carbocycles. The summed E-state index contributed by atoms with van der Waals surface area (Å²) < 4.78 is 24.7. The maximum atomic E-state index is 13.4. The number of esters is 2. The van der Waals surface area contributed by atoms with Crippen molar-refractivity contribution in [2.45, 2.75) is 90.6 Å². The molecule has 6 nitrogen and oxygen atoms in total. The van der Waals surface area contributed by atoms with Gasteiger partial charge in [0.2, 0.25) is 0 Å². The molecule has 6 heteroatoms. The molecule has 1 saturated heterocycles. The van der Waals surface area contributed by atoms with Crippen LogP contribution in [0.1, 0.15) is 72.3 Å². The Morgan fingerprint density at radius 1 is 1.03 bits per heavy atom. The molecule has 3 aliphatic rings. The van der Waals surface area contributed by atoms with Crippen molar-refractivity contribution in [2.24, 2.45) is 23.2 Å². The van der Waals surface area contributed by atoms with E-state index in [0.717, 1.165) is 24.8 Å². The lowest BCUT2D eigenvalue weighted by Crippen LogP contribution is -2.61. The van der Waals surface area contributed by atoms with E-state index in [2.05, 4.69) is 32.9 Å². The quantitative estimate of drug-likeness (QED) is 0.425. The molecular formula is C28H40O6. The van der Waals surface area contributed by atoms with Crippen LogP contribution >= 0.6 is 0 Å². The van der Waals surface area contributed by atoms with Crippen molar-refractivity contribution in [3.05, 3.63) is 35.9 Å². The van der Waals surface area contributed by atoms with Crippen LogP contribution in [-0.4, -0.2) is 42.6 Å². The number of hydrogen-bond acceptors (Lipinski definition) is 6. The third kappa shape index (κ3) is 4.51. The first-order valence-electron chi connectivity index (χ1n) is 12.9. The van der Waals surface area contributed by atoms with E-state index in [4.69, 9.17) is 18.9 Å². The summed E-state index contributed by atoms with van der Waals surface area (Å²) in [7, 11) is 0. The average Bonchev–Trinajstić information content (AvgIpc) is 3.08. The predicted octanol–water partition coefficient (Wildman–Crippen LogP) is 5.08. The number of ether oxygens (including phenoxy) is 4. The van der Waals surface area contributed by atoms with E-state index in [0.29, 0.717) is 12.3 Å². The van der Waals surface area contributed by atoms with Crippen molar-refractivity contribution in [1.82, 2.24) is 0 Å². The zero-order chi connectivity index (χ0) is 24.6. The van der Waals surface area contributed by atoms with Gasteiger partial charge in [0.25, 0.3) is 0 Å². The normalized spacial score (nSPS) is 33.8. The Balaban J connectivity index is 1.77. The summed E-state index contributed by atoms with van der Waals surface area (Å²) in [5.41, 5.74) is -0.744. The SMILES string of the molecule is CCOC(=O)C1(C(=O)OCC)C[C@H](Cc2ccccc2)[C@]2(C1)O[C@H]1C[C@@H](C)CC[C@@H]1C(C)(C)O2. The van der Waals surface area contributed by atoms with E-state index in [9.17, 15) is 9.59 Å². The first-order chi connectivity index (χ1) is 16.2. The Hall–Kier alpha value is -1.92. The van der Waals surface area contributed by atoms with Gasteiger partial charge in [0, 0.05) is 18.3 Å². The highest BCUT2D eigenvalue weighted by Gasteiger charge is 2.68. The van der Waals surface area contributed by atoms with Crippen LogP contribution in [0.3, 0.4) is 0 Å². The molecule has 0 unspecified atom stereocenters. The van der Waals surface area contributed by atoms with Crippen LogP contribution in [0, 0.1) is 23.2 Å². The molecule has 1 aromatic carbocycles. The van der Waals surface area contributed by atoms with E-state index in [1.807, 2.05) is 18.2 Å². The van der Waals surface area contributed by atoms with Crippen LogP contribution in [0.15, 0.2) is 30.3 Å². The van der Waals surface area contributed by atoms with E-state index in [-0.39, 0.29) is 44.0 Å². The number of carbonyl (C=O) groups is 2. The first-order valence-corrected chi connectivity index (χ1v) is 12.9. The third-order valence-electron chi connectivity index (χ3n) is 8.16. The summed E-state index contributed by atoms with van der Waals surface area (Å²) in [4.78, 5) is 26.7. The van der Waals surface area contributed by atoms with Crippen LogP contribution in [0.25, 0.3) is 0 Å². The highest BCUT2D eigenvalue weighted by atomic mass is 16.7. The molecule has 2 saturated carbocycles. The molecule has 1 heterocycles. The smallest absolute Gasteiger partial charge is 0.323 e. The van der Waals surface area contributed by atoms with Gasteiger partial charge in [-0.25, -0.2) is 0 Å². The lowest BCUT2D eigenvalue weighted by Gasteiger charge is -2.56. The maximum Gasteiger partial charge on any atom is 0.323 e. The van der Waals surface area contributed by atoms with Crippen molar-refractivity contribution >= 4 is 11.9 Å². The van der Waals surface area contributed by atoms with Crippen molar-refractivity contribution in [3.63, 3.8) is 0 Å². The van der Waals surface area contributed by atoms with E-state index >= 15 is 0 Å². The second-order valence-corrected chi connectivity index (χ2v) is 11.0. The van der Waals surface area contributed by atoms with Crippen LogP contribution < -0.4 is 0 Å². The molecule has 3 fully saturated rings. The Morgan fingerprint density at radius 3 is 2.29 bits per heavy atom. The fourth-order valence-electron chi connectivity index (χ4n) is 6.59. The molecule has 1 aliphatic heterocycles. The summed E-state index contributed by atoms with van der Waals surface area (Å²) in [5, 5.41) is 0. The minimum Gasteiger partial charge on any atom is -0.465 e. The summed E-state index contributed by atoms with van der Waals surface area (Å²) in [6.45, 7) is 10.5. The average molecular weight is 473 g/mol. The molecule has 1 aromatic rings. The topological polar surface area (TPSA) is 71.1 Å². The molecule has 34 heavy (non-hydrogen) atoms. The van der Waals surface area contributed by atoms with E-state index < -0.39 is 28.7 Å². The van der Waals surface area contributed by atoms with Crippen LogP contribution in [0.5, 0.6) is 0 Å². The number of hydrogen-bond donors (Lipinski definition) is 0. The summed E-state index contributed by atoms with van der Waals surface area (Å²) in [5.74, 6) is -1.47. The van der Waals surface area contributed by atoms with E-state index in [1.54, 1.807) is 13.8 Å². The van der Waals surface area contributed by atoms with Gasteiger partial charge in [0.15, 0.2) is 11.2 Å². The van der Waals surface area contributed by atoms with Gasteiger partial charge >= 0.3 is 11.9 Å². The zero-order valence-corrected chi connectivity index (χ0v) is 21.3. The number of rotatable bonds is 6. The number of fused-ring (bicyclic) bond motifs is 1. The Bertz CT molecular complexity index is 862. The first kappa shape index (κ1) is 25.2. The molecular weight excluding hydrogens is 432 g/mol. The highest BCUT2D eigenvalue weighted by Crippen LogP contribution is 2.59. The molecule has 4 rings (SSSR count). The Morgan fingerprint density at radius 2 is 1.68 bits per heavy atom. The second kappa shape index (κ2) is 9.62. The van der Waals surface area contributed by atoms with Crippen molar-refractivity contribution < 1.29 is 28.5 Å². The molecule has 5 atom stereocenters. The van der Waals surface area contributed by atoms with Crippen molar-refractivity contribution in [3.8, 4) is 0 Å². The minimum atomic E-state index is -1.44. The monoisotopic (exact) mass is 472 g/mol. The van der Waals surface area contributed by atoms with Gasteiger partial charge in [-0.1, -0.05) is 43.7 Å². The standard InChI is InChI=1S/C28H40O6/c1-6-31-24(29)27(25(30)32-7-2)17-21(16-20-11-9-8-10-12-20)28(18-27)33-23-15-19(3)13-14-22(23)26(4,5)34-28/h8-12,19,21-23H,6-7,13-18H2,1-5H3/t19-,21-,22-,23-,28+/m0/s1. The molecule has 1 spiro atoms. The summed E-state index contributed by atoms with van der Waals surface area (Å²) in [6.07, 6.45) is 4.25. The highest BCUT2D eigenvalue weighted by molar-refractivity contribution is 6.00. The molecule has 0 amide bonds. The zero-order valence-electron chi connectivity index (χ0n) is 21.3. The van der Waals surface area contributed by atoms with Crippen LogP contribution in [0.4, 0.5) is 0 Å². The molecule has 0 bridgehead atoms. The van der Waals surface area contributed by atoms with Crippen LogP contribution in [-0.2, 0) is 35.0 Å². The summed E-state index contributed by atoms with van der Waals surface area (Å²) >= 11 is 0. The third-order valence-corrected chi connectivity index (χ3v) is 8.16.